The van der Waals surface area contributed by atoms with Crippen molar-refractivity contribution in [2.24, 2.45) is 0 Å². The molecule has 6 nitrogen and oxygen atoms in total. The summed E-state index contributed by atoms with van der Waals surface area (Å²) in [5, 5.41) is 9.53. The van der Waals surface area contributed by atoms with Gasteiger partial charge in [-0.2, -0.15) is 13.2 Å². The van der Waals surface area contributed by atoms with Crippen LogP contribution in [0.4, 0.5) is 13.2 Å². The molecule has 0 bridgehead atoms. The summed E-state index contributed by atoms with van der Waals surface area (Å²) in [6.45, 7) is 12.6. The number of hydrogen-bond donors (Lipinski definition) is 1. The van der Waals surface area contributed by atoms with Crippen molar-refractivity contribution in [3.8, 4) is 0 Å². The van der Waals surface area contributed by atoms with Gasteiger partial charge in [-0.1, -0.05) is 13.3 Å². The summed E-state index contributed by atoms with van der Waals surface area (Å²) >= 11 is 0. The van der Waals surface area contributed by atoms with Gasteiger partial charge in [0.05, 0.1) is 5.20 Å². The van der Waals surface area contributed by atoms with Gasteiger partial charge >= 0.3 is 26.7 Å². The van der Waals surface area contributed by atoms with Crippen molar-refractivity contribution in [2.75, 3.05) is 6.61 Å². The molecule has 1 N–H and O–H groups in total. The summed E-state index contributed by atoms with van der Waals surface area (Å²) in [7, 11) is -8.28. The predicted octanol–water partition coefficient (Wildman–Crippen LogP) is 4.59. The molecule has 0 spiro atoms. The maximum Gasteiger partial charge on any atom is 0.422 e. The van der Waals surface area contributed by atoms with Gasteiger partial charge in [0.2, 0.25) is 0 Å². The lowest BCUT2D eigenvalue weighted by atomic mass is 10.1. The molecule has 0 amide bonds. The van der Waals surface area contributed by atoms with Crippen LogP contribution in [0.15, 0.2) is 10.8 Å². The number of carboxylic acid groups (broad SMARTS) is 1. The molecule has 0 aromatic rings. The molecular formula is C16H31F3O6Si3. The SMILES string of the molecule is CCCC(C(=O)OCC(F)(F)F)=C(C(=O)O)[Si](C)(O[Si](C)(C)C)O[Si](C)(C)C. The molecule has 0 radical (unpaired) electrons. The molecule has 0 aliphatic heterocycles. The van der Waals surface area contributed by atoms with Crippen molar-refractivity contribution in [3.05, 3.63) is 10.8 Å². The zero-order chi connectivity index (χ0) is 22.6. The van der Waals surface area contributed by atoms with E-state index < -0.39 is 49.9 Å². The molecule has 12 heteroatoms. The fourth-order valence-corrected chi connectivity index (χ4v) is 14.6. The summed E-state index contributed by atoms with van der Waals surface area (Å²) < 4.78 is 54.1. The second-order valence-electron chi connectivity index (χ2n) is 8.47. The Bertz CT molecular complexity index is 590. The molecule has 0 saturated heterocycles. The van der Waals surface area contributed by atoms with Crippen molar-refractivity contribution in [1.82, 2.24) is 0 Å². The number of halogens is 3. The molecule has 0 aliphatic rings. The Morgan fingerprint density at radius 3 is 1.64 bits per heavy atom. The fourth-order valence-electron chi connectivity index (χ4n) is 2.70. The Balaban J connectivity index is 6.49. The third-order valence-electron chi connectivity index (χ3n) is 3.08. The van der Waals surface area contributed by atoms with Gasteiger partial charge in [-0.3, -0.25) is 0 Å². The van der Waals surface area contributed by atoms with Crippen LogP contribution in [0.2, 0.25) is 45.8 Å². The van der Waals surface area contributed by atoms with Crippen LogP contribution in [0.5, 0.6) is 0 Å². The first-order chi connectivity index (χ1) is 12.3. The predicted molar refractivity (Wildman–Crippen MR) is 107 cm³/mol. The highest BCUT2D eigenvalue weighted by atomic mass is 28.5. The standard InChI is InChI=1S/C16H31F3O6Si3/c1-9-10-12(15(22)23-11-16(17,18)19)13(14(20)21)28(8,24-26(2,3)4)25-27(5,6)7/h9-11H2,1-8H3,(H,20,21). The van der Waals surface area contributed by atoms with Crippen molar-refractivity contribution in [1.29, 1.82) is 0 Å². The van der Waals surface area contributed by atoms with Crippen LogP contribution in [0.25, 0.3) is 0 Å². The van der Waals surface area contributed by atoms with Crippen LogP contribution in [0.1, 0.15) is 19.8 Å². The van der Waals surface area contributed by atoms with Gasteiger partial charge in [0.15, 0.2) is 23.2 Å². The van der Waals surface area contributed by atoms with Gasteiger partial charge in [-0.05, 0) is 52.2 Å². The second kappa shape index (κ2) is 9.69. The van der Waals surface area contributed by atoms with E-state index in [0.717, 1.165) is 0 Å². The average molecular weight is 461 g/mol. The monoisotopic (exact) mass is 460 g/mol. The Labute approximate surface area is 167 Å². The molecule has 0 aromatic heterocycles. The minimum atomic E-state index is -4.71. The Kier molecular flexibility index (Phi) is 9.36. The number of carbonyl (C=O) groups is 2. The quantitative estimate of drug-likeness (QED) is 0.292. The summed E-state index contributed by atoms with van der Waals surface area (Å²) in [5.74, 6) is -2.73. The molecular weight excluding hydrogens is 429 g/mol. The number of aliphatic carboxylic acids is 1. The van der Waals surface area contributed by atoms with E-state index in [2.05, 4.69) is 4.74 Å². The van der Waals surface area contributed by atoms with Gasteiger partial charge < -0.3 is 18.1 Å². The normalized spacial score (nSPS) is 14.5. The molecule has 0 atom stereocenters. The number of carbonyl (C=O) groups excluding carboxylic acids is 1. The van der Waals surface area contributed by atoms with Crippen molar-refractivity contribution in [3.63, 3.8) is 0 Å². The zero-order valence-electron chi connectivity index (χ0n) is 17.7. The van der Waals surface area contributed by atoms with E-state index in [-0.39, 0.29) is 17.2 Å². The molecule has 0 heterocycles. The molecule has 0 fully saturated rings. The summed E-state index contributed by atoms with van der Waals surface area (Å²) in [6.07, 6.45) is -4.41. The lowest BCUT2D eigenvalue weighted by molar-refractivity contribution is -0.183. The van der Waals surface area contributed by atoms with Gasteiger partial charge in [-0.15, -0.1) is 0 Å². The van der Waals surface area contributed by atoms with E-state index in [1.165, 1.54) is 0 Å². The van der Waals surface area contributed by atoms with Crippen LogP contribution >= 0.6 is 0 Å². The first-order valence-electron chi connectivity index (χ1n) is 8.92. The van der Waals surface area contributed by atoms with E-state index in [4.69, 9.17) is 8.23 Å². The van der Waals surface area contributed by atoms with Crippen LogP contribution in [-0.4, -0.2) is 55.0 Å². The van der Waals surface area contributed by atoms with Crippen molar-refractivity contribution in [2.45, 2.75) is 71.8 Å². The van der Waals surface area contributed by atoms with E-state index >= 15 is 0 Å². The number of esters is 1. The Morgan fingerprint density at radius 2 is 1.36 bits per heavy atom. The summed E-state index contributed by atoms with van der Waals surface area (Å²) in [4.78, 5) is 24.6. The van der Waals surface area contributed by atoms with Crippen LogP contribution in [-0.2, 0) is 22.6 Å². The largest absolute Gasteiger partial charge is 0.478 e. The molecule has 0 saturated carbocycles. The Morgan fingerprint density at radius 1 is 0.929 bits per heavy atom. The number of alkyl halides is 3. The number of hydrogen-bond acceptors (Lipinski definition) is 5. The van der Waals surface area contributed by atoms with Crippen molar-refractivity contribution >= 4 is 37.1 Å². The van der Waals surface area contributed by atoms with Crippen molar-refractivity contribution < 1.29 is 40.8 Å². The van der Waals surface area contributed by atoms with Crippen LogP contribution in [0, 0.1) is 0 Å². The summed E-state index contributed by atoms with van der Waals surface area (Å²) in [5.41, 5.74) is -0.315. The highest BCUT2D eigenvalue weighted by Crippen LogP contribution is 2.31. The molecule has 0 aliphatic carbocycles. The van der Waals surface area contributed by atoms with E-state index in [1.807, 2.05) is 39.3 Å². The molecule has 28 heavy (non-hydrogen) atoms. The average Bonchev–Trinajstić information content (AvgIpc) is 2.38. The lowest BCUT2D eigenvalue weighted by Gasteiger charge is -2.39. The van der Waals surface area contributed by atoms with E-state index in [0.29, 0.717) is 6.42 Å². The number of carboxylic acids is 1. The van der Waals surface area contributed by atoms with Crippen LogP contribution < -0.4 is 0 Å². The topological polar surface area (TPSA) is 82.1 Å². The molecule has 164 valence electrons. The second-order valence-corrected chi connectivity index (χ2v) is 20.9. The third kappa shape index (κ3) is 10.0. The maximum atomic E-state index is 12.5. The summed E-state index contributed by atoms with van der Waals surface area (Å²) in [6, 6.07) is 0. The van der Waals surface area contributed by atoms with Gasteiger partial charge in [0, 0.05) is 5.57 Å². The molecule has 0 unspecified atom stereocenters. The van der Waals surface area contributed by atoms with Crippen LogP contribution in [0.3, 0.4) is 0 Å². The fraction of sp³-hybridized carbons (Fsp3) is 0.750. The van der Waals surface area contributed by atoms with E-state index in [9.17, 15) is 27.9 Å². The van der Waals surface area contributed by atoms with E-state index in [1.54, 1.807) is 13.5 Å². The molecule has 0 aromatic carbocycles. The van der Waals surface area contributed by atoms with Gasteiger partial charge in [0.1, 0.15) is 0 Å². The minimum absolute atomic E-state index is 0.0506. The number of ether oxygens (including phenoxy) is 1. The third-order valence-corrected chi connectivity index (χ3v) is 12.5. The Hall–Kier alpha value is -0.959. The first-order valence-corrected chi connectivity index (χ1v) is 18.1. The highest BCUT2D eigenvalue weighted by Gasteiger charge is 2.49. The minimum Gasteiger partial charge on any atom is -0.478 e. The zero-order valence-corrected chi connectivity index (χ0v) is 20.7. The maximum absolute atomic E-state index is 12.5. The smallest absolute Gasteiger partial charge is 0.422 e. The lowest BCUT2D eigenvalue weighted by Crippen LogP contribution is -2.56. The highest BCUT2D eigenvalue weighted by molar-refractivity contribution is 6.93. The van der Waals surface area contributed by atoms with Gasteiger partial charge in [-0.25, -0.2) is 9.59 Å². The number of rotatable bonds is 10. The molecule has 0 rings (SSSR count). The first kappa shape index (κ1) is 27.0. The van der Waals surface area contributed by atoms with Gasteiger partial charge in [0.25, 0.3) is 0 Å².